The number of nitrogens with one attached hydrogen (secondary N) is 1. The van der Waals surface area contributed by atoms with Crippen molar-refractivity contribution < 1.29 is 4.74 Å². The fraction of sp³-hybridized carbons (Fsp3) is 0.542. The van der Waals surface area contributed by atoms with E-state index in [0.29, 0.717) is 11.6 Å². The first-order valence-corrected chi connectivity index (χ1v) is 12.4. The molecule has 8 nitrogen and oxygen atoms in total. The fourth-order valence-corrected chi connectivity index (χ4v) is 5.07. The van der Waals surface area contributed by atoms with Crippen molar-refractivity contribution >= 4 is 34.1 Å². The van der Waals surface area contributed by atoms with E-state index in [1.165, 1.54) is 32.4 Å². The topological polar surface area (TPSA) is 73.4 Å². The van der Waals surface area contributed by atoms with Gasteiger partial charge in [-0.2, -0.15) is 5.10 Å². The average molecular weight is 470 g/mol. The molecule has 2 aliphatic rings. The van der Waals surface area contributed by atoms with Gasteiger partial charge >= 0.3 is 0 Å². The molecular weight excluding hydrogens is 438 g/mol. The highest BCUT2D eigenvalue weighted by Crippen LogP contribution is 2.31. The minimum atomic E-state index is 0.678. The van der Waals surface area contributed by atoms with E-state index in [9.17, 15) is 0 Å². The number of anilines is 2. The maximum Gasteiger partial charge on any atom is 0.186 e. The van der Waals surface area contributed by atoms with Gasteiger partial charge in [0, 0.05) is 44.1 Å². The molecule has 4 heterocycles. The van der Waals surface area contributed by atoms with E-state index in [1.54, 1.807) is 6.33 Å². The number of rotatable bonds is 7. The van der Waals surface area contributed by atoms with Crippen LogP contribution in [0.25, 0.3) is 11.0 Å². The zero-order valence-electron chi connectivity index (χ0n) is 19.3. The second-order valence-corrected chi connectivity index (χ2v) is 9.20. The summed E-state index contributed by atoms with van der Waals surface area (Å²) in [6.07, 6.45) is 6.43. The monoisotopic (exact) mass is 469 g/mol. The molecule has 2 fully saturated rings. The lowest BCUT2D eigenvalue weighted by Gasteiger charge is -2.37. The molecule has 0 aliphatic carbocycles. The number of ether oxygens (including phenoxy) is 1. The Bertz CT molecular complexity index is 1070. The van der Waals surface area contributed by atoms with Crippen molar-refractivity contribution in [2.75, 3.05) is 62.2 Å². The van der Waals surface area contributed by atoms with E-state index >= 15 is 0 Å². The highest BCUT2D eigenvalue weighted by molar-refractivity contribution is 6.32. The number of piperazine rings is 1. The van der Waals surface area contributed by atoms with Gasteiger partial charge in [0.25, 0.3) is 0 Å². The van der Waals surface area contributed by atoms with Crippen LogP contribution in [0.2, 0.25) is 5.02 Å². The maximum atomic E-state index is 6.58. The molecule has 0 spiro atoms. The van der Waals surface area contributed by atoms with Gasteiger partial charge in [0.15, 0.2) is 5.65 Å². The van der Waals surface area contributed by atoms with Crippen molar-refractivity contribution in [3.05, 3.63) is 35.2 Å². The van der Waals surface area contributed by atoms with Crippen LogP contribution in [0.5, 0.6) is 5.75 Å². The summed E-state index contributed by atoms with van der Waals surface area (Å²) in [4.78, 5) is 16.1. The minimum Gasteiger partial charge on any atom is -0.491 e. The van der Waals surface area contributed by atoms with E-state index < -0.39 is 0 Å². The van der Waals surface area contributed by atoms with Crippen molar-refractivity contribution in [1.82, 2.24) is 25.1 Å². The van der Waals surface area contributed by atoms with Gasteiger partial charge < -0.3 is 14.5 Å². The Hall–Kier alpha value is -2.58. The number of halogens is 1. The van der Waals surface area contributed by atoms with Crippen molar-refractivity contribution in [3.8, 4) is 5.75 Å². The molecule has 1 aromatic carbocycles. The first-order chi connectivity index (χ1) is 16.2. The van der Waals surface area contributed by atoms with Crippen LogP contribution in [0, 0.1) is 0 Å². The largest absolute Gasteiger partial charge is 0.491 e. The van der Waals surface area contributed by atoms with Gasteiger partial charge in [-0.15, -0.1) is 0 Å². The number of aromatic nitrogens is 4. The lowest BCUT2D eigenvalue weighted by atomic mass is 10.1. The molecule has 176 valence electrons. The molecule has 2 saturated heterocycles. The molecule has 0 unspecified atom stereocenters. The highest BCUT2D eigenvalue weighted by Gasteiger charge is 2.23. The predicted octanol–water partition coefficient (Wildman–Crippen LogP) is 3.76. The summed E-state index contributed by atoms with van der Waals surface area (Å²) < 4.78 is 5.99. The second kappa shape index (κ2) is 10.1. The van der Waals surface area contributed by atoms with Crippen LogP contribution in [0.15, 0.2) is 24.5 Å². The van der Waals surface area contributed by atoms with E-state index in [2.05, 4.69) is 47.9 Å². The maximum absolute atomic E-state index is 6.58. The zero-order valence-corrected chi connectivity index (χ0v) is 20.0. The first kappa shape index (κ1) is 22.2. The van der Waals surface area contributed by atoms with Crippen LogP contribution in [-0.2, 0) is 6.42 Å². The van der Waals surface area contributed by atoms with E-state index in [-0.39, 0.29) is 0 Å². The van der Waals surface area contributed by atoms with Crippen molar-refractivity contribution in [2.24, 2.45) is 0 Å². The summed E-state index contributed by atoms with van der Waals surface area (Å²) in [5.41, 5.74) is 2.96. The molecule has 0 atom stereocenters. The third-order valence-electron chi connectivity index (χ3n) is 6.73. The van der Waals surface area contributed by atoms with Crippen molar-refractivity contribution in [2.45, 2.75) is 32.6 Å². The van der Waals surface area contributed by atoms with Crippen LogP contribution in [0.4, 0.5) is 11.5 Å². The number of piperidine rings is 1. The number of aryl methyl sites for hydroxylation is 1. The Morgan fingerprint density at radius 2 is 1.79 bits per heavy atom. The van der Waals surface area contributed by atoms with Crippen molar-refractivity contribution in [1.29, 1.82) is 0 Å². The molecule has 1 N–H and O–H groups in total. The SMILES string of the molecule is CCc1[nH]nc2ncnc(N3CCN(c4ccc(OCCN5CCCCC5)c(Cl)c4)CC3)c12. The Morgan fingerprint density at radius 3 is 2.55 bits per heavy atom. The highest BCUT2D eigenvalue weighted by atomic mass is 35.5. The van der Waals surface area contributed by atoms with E-state index in [0.717, 1.165) is 73.1 Å². The molecule has 2 aliphatic heterocycles. The van der Waals surface area contributed by atoms with Gasteiger partial charge in [-0.25, -0.2) is 9.97 Å². The molecule has 3 aromatic rings. The van der Waals surface area contributed by atoms with Gasteiger partial charge in [0.1, 0.15) is 24.5 Å². The molecule has 0 amide bonds. The van der Waals surface area contributed by atoms with Gasteiger partial charge in [0.2, 0.25) is 0 Å². The first-order valence-electron chi connectivity index (χ1n) is 12.1. The Labute approximate surface area is 199 Å². The quantitative estimate of drug-likeness (QED) is 0.564. The smallest absolute Gasteiger partial charge is 0.186 e. The summed E-state index contributed by atoms with van der Waals surface area (Å²) >= 11 is 6.58. The molecular formula is C24H32ClN7O. The summed E-state index contributed by atoms with van der Waals surface area (Å²) in [6, 6.07) is 6.15. The second-order valence-electron chi connectivity index (χ2n) is 8.79. The molecule has 5 rings (SSSR count). The Kier molecular flexibility index (Phi) is 6.83. The molecule has 0 bridgehead atoms. The predicted molar refractivity (Wildman–Crippen MR) is 133 cm³/mol. The number of benzene rings is 1. The minimum absolute atomic E-state index is 0.678. The number of likely N-dealkylation sites (tertiary alicyclic amines) is 1. The van der Waals surface area contributed by atoms with Gasteiger partial charge in [-0.05, 0) is 50.6 Å². The summed E-state index contributed by atoms with van der Waals surface area (Å²) in [6.45, 7) is 9.69. The van der Waals surface area contributed by atoms with Gasteiger partial charge in [-0.1, -0.05) is 24.9 Å². The third kappa shape index (κ3) is 4.87. The number of aromatic amines is 1. The van der Waals surface area contributed by atoms with Crippen molar-refractivity contribution in [3.63, 3.8) is 0 Å². The normalized spacial score (nSPS) is 17.6. The summed E-state index contributed by atoms with van der Waals surface area (Å²) in [5.74, 6) is 1.74. The number of fused-ring (bicyclic) bond motifs is 1. The Morgan fingerprint density at radius 1 is 1.00 bits per heavy atom. The average Bonchev–Trinajstić information content (AvgIpc) is 3.29. The van der Waals surface area contributed by atoms with Gasteiger partial charge in [0.05, 0.1) is 10.4 Å². The van der Waals surface area contributed by atoms with E-state index in [1.807, 2.05) is 12.1 Å². The molecule has 0 radical (unpaired) electrons. The Balaban J connectivity index is 1.19. The zero-order chi connectivity index (χ0) is 22.6. The van der Waals surface area contributed by atoms with E-state index in [4.69, 9.17) is 16.3 Å². The van der Waals surface area contributed by atoms with Gasteiger partial charge in [-0.3, -0.25) is 10.00 Å². The number of hydrogen-bond acceptors (Lipinski definition) is 7. The third-order valence-corrected chi connectivity index (χ3v) is 7.03. The summed E-state index contributed by atoms with van der Waals surface area (Å²) in [5, 5.41) is 9.16. The lowest BCUT2D eigenvalue weighted by molar-refractivity contribution is 0.183. The molecule has 9 heteroatoms. The van der Waals surface area contributed by atoms with Crippen LogP contribution >= 0.6 is 11.6 Å². The standard InChI is InChI=1S/C24H32ClN7O/c1-2-20-22-23(29-28-20)26-17-27-24(22)32-12-10-31(11-13-32)18-6-7-21(19(25)16-18)33-15-14-30-8-4-3-5-9-30/h6-7,16-17H,2-5,8-15H2,1H3,(H,26,27,28,29). The summed E-state index contributed by atoms with van der Waals surface area (Å²) in [7, 11) is 0. The van der Waals surface area contributed by atoms with Crippen LogP contribution < -0.4 is 14.5 Å². The number of hydrogen-bond donors (Lipinski definition) is 1. The number of H-pyrrole nitrogens is 1. The van der Waals surface area contributed by atoms with Crippen LogP contribution in [-0.4, -0.2) is 77.5 Å². The molecule has 2 aromatic heterocycles. The lowest BCUT2D eigenvalue weighted by Crippen LogP contribution is -2.47. The fourth-order valence-electron chi connectivity index (χ4n) is 4.84. The molecule has 0 saturated carbocycles. The number of nitrogens with zero attached hydrogens (tertiary/aromatic N) is 6. The van der Waals surface area contributed by atoms with Crippen LogP contribution in [0.1, 0.15) is 31.9 Å². The molecule has 33 heavy (non-hydrogen) atoms. The van der Waals surface area contributed by atoms with Crippen LogP contribution in [0.3, 0.4) is 0 Å².